The normalized spacial score (nSPS) is 12.8. The van der Waals surface area contributed by atoms with Crippen LogP contribution >= 0.6 is 12.0 Å². The fourth-order valence-electron chi connectivity index (χ4n) is 4.58. The third-order valence-corrected chi connectivity index (χ3v) is 8.75. The van der Waals surface area contributed by atoms with Crippen LogP contribution in [0.3, 0.4) is 0 Å². The number of benzene rings is 3. The highest BCUT2D eigenvalue weighted by molar-refractivity contribution is 7.94. The highest BCUT2D eigenvalue weighted by Crippen LogP contribution is 2.25. The van der Waals surface area contributed by atoms with E-state index in [1.165, 1.54) is 66.9 Å². The second-order valence-corrected chi connectivity index (χ2v) is 12.5. The molecule has 19 heteroatoms. The van der Waals surface area contributed by atoms with E-state index in [0.29, 0.717) is 30.1 Å². The van der Waals surface area contributed by atoms with E-state index in [1.54, 1.807) is 17.2 Å². The van der Waals surface area contributed by atoms with Crippen LogP contribution in [0.25, 0.3) is 10.9 Å². The van der Waals surface area contributed by atoms with Gasteiger partial charge in [-0.15, -0.1) is 4.33 Å². The van der Waals surface area contributed by atoms with Crippen molar-refractivity contribution in [2.45, 2.75) is 11.3 Å². The molecule has 0 spiro atoms. The van der Waals surface area contributed by atoms with Crippen LogP contribution in [0.5, 0.6) is 0 Å². The summed E-state index contributed by atoms with van der Waals surface area (Å²) in [5.74, 6) is 0.234. The summed E-state index contributed by atoms with van der Waals surface area (Å²) >= 11 is 0.963. The minimum atomic E-state index is -4.03. The Balaban J connectivity index is 1.12. The molecular weight excluding hydrogens is 668 g/mol. The largest absolute Gasteiger partial charge is 0.364 e. The van der Waals surface area contributed by atoms with E-state index in [1.807, 2.05) is 12.2 Å². The third-order valence-electron chi connectivity index (χ3n) is 6.85. The zero-order chi connectivity index (χ0) is 34.1. The van der Waals surface area contributed by atoms with Gasteiger partial charge in [0.1, 0.15) is 0 Å². The maximum absolute atomic E-state index is 13.1. The Labute approximate surface area is 277 Å². The van der Waals surface area contributed by atoms with Gasteiger partial charge in [-0.2, -0.15) is 9.78 Å². The zero-order valence-electron chi connectivity index (χ0n) is 24.8. The molecule has 48 heavy (non-hydrogen) atoms. The number of nitro benzene ring substituents is 1. The summed E-state index contributed by atoms with van der Waals surface area (Å²) in [5.41, 5.74) is 7.19. The standard InChI is InChI=1S/C29H28N8O9S2/c38-28(19-35-14-11-20(12-15-35)13-16-47-46-45-42)31-23-3-1-4-24(17-23)48(43,44)34-22-9-7-21(8-10-22)32-33-29(39)36-26-5-2-6-27(37(40)41)25(26)18-30-36/h1-12,14,17-18,32,34,42H,13,15-16,19H2,(H,31,38)(H,33,39). The van der Waals surface area contributed by atoms with Gasteiger partial charge in [0.25, 0.3) is 15.7 Å². The van der Waals surface area contributed by atoms with Gasteiger partial charge in [0.15, 0.2) is 0 Å². The number of nitrogens with zero attached hydrogens (tertiary/aromatic N) is 4. The molecule has 0 radical (unpaired) electrons. The quantitative estimate of drug-likeness (QED) is 0.0404. The molecule has 2 amide bonds. The number of nitro groups is 1. The van der Waals surface area contributed by atoms with Crippen LogP contribution in [-0.4, -0.2) is 64.1 Å². The zero-order valence-corrected chi connectivity index (χ0v) is 26.4. The van der Waals surface area contributed by atoms with E-state index in [2.05, 4.69) is 35.4 Å². The van der Waals surface area contributed by atoms with Gasteiger partial charge in [-0.05, 0) is 66.6 Å². The minimum absolute atomic E-state index is 0.0492. The van der Waals surface area contributed by atoms with E-state index in [9.17, 15) is 28.1 Å². The molecule has 0 fully saturated rings. The van der Waals surface area contributed by atoms with Crippen molar-refractivity contribution < 1.29 is 37.6 Å². The van der Waals surface area contributed by atoms with Crippen LogP contribution in [0.2, 0.25) is 0 Å². The maximum atomic E-state index is 13.1. The number of hydrogen-bond acceptors (Lipinski definition) is 13. The van der Waals surface area contributed by atoms with Crippen molar-refractivity contribution >= 4 is 67.7 Å². The average Bonchev–Trinajstić information content (AvgIpc) is 3.51. The van der Waals surface area contributed by atoms with Gasteiger partial charge in [-0.3, -0.25) is 25.1 Å². The van der Waals surface area contributed by atoms with Crippen molar-refractivity contribution in [2.75, 3.05) is 34.3 Å². The molecule has 1 aliphatic rings. The summed E-state index contributed by atoms with van der Waals surface area (Å²) < 4.78 is 34.0. The lowest BCUT2D eigenvalue weighted by molar-refractivity contribution is -0.432. The topological polar surface area (TPSA) is 219 Å². The number of non-ortho nitro benzene ring substituents is 1. The van der Waals surface area contributed by atoms with Gasteiger partial charge in [-0.1, -0.05) is 23.2 Å². The number of nitrogens with one attached hydrogen (secondary N) is 4. The van der Waals surface area contributed by atoms with Crippen molar-refractivity contribution in [2.24, 2.45) is 0 Å². The monoisotopic (exact) mass is 696 g/mol. The van der Waals surface area contributed by atoms with Gasteiger partial charge in [0.2, 0.25) is 5.91 Å². The Morgan fingerprint density at radius 2 is 1.83 bits per heavy atom. The van der Waals surface area contributed by atoms with Gasteiger partial charge < -0.3 is 10.2 Å². The number of anilines is 3. The van der Waals surface area contributed by atoms with Crippen molar-refractivity contribution in [3.8, 4) is 0 Å². The number of carbonyl (C=O) groups excluding carboxylic acids is 2. The molecule has 0 unspecified atom stereocenters. The number of sulfonamides is 1. The molecule has 5 N–H and O–H groups in total. The second-order valence-electron chi connectivity index (χ2n) is 10.1. The number of aromatic nitrogens is 2. The number of allylic oxidation sites excluding steroid dienone is 2. The van der Waals surface area contributed by atoms with Crippen LogP contribution in [0.4, 0.5) is 27.5 Å². The Bertz CT molecular complexity index is 1980. The lowest BCUT2D eigenvalue weighted by atomic mass is 10.1. The van der Waals surface area contributed by atoms with E-state index >= 15 is 0 Å². The lowest BCUT2D eigenvalue weighted by Gasteiger charge is -2.22. The lowest BCUT2D eigenvalue weighted by Crippen LogP contribution is -2.33. The van der Waals surface area contributed by atoms with Crippen molar-refractivity contribution in [3.63, 3.8) is 0 Å². The Morgan fingerprint density at radius 3 is 2.56 bits per heavy atom. The number of carbonyl (C=O) groups is 2. The maximum Gasteiger partial charge on any atom is 0.361 e. The predicted molar refractivity (Wildman–Crippen MR) is 177 cm³/mol. The molecule has 17 nitrogen and oxygen atoms in total. The summed E-state index contributed by atoms with van der Waals surface area (Å²) in [7, 11) is -4.03. The Morgan fingerprint density at radius 1 is 1.06 bits per heavy atom. The molecule has 0 bridgehead atoms. The van der Waals surface area contributed by atoms with Crippen LogP contribution in [-0.2, 0) is 24.2 Å². The van der Waals surface area contributed by atoms with Crippen LogP contribution in [0.15, 0.2) is 102 Å². The first kappa shape index (κ1) is 33.9. The van der Waals surface area contributed by atoms with E-state index in [0.717, 1.165) is 22.3 Å². The summed E-state index contributed by atoms with van der Waals surface area (Å²) in [4.78, 5) is 37.7. The first-order valence-electron chi connectivity index (χ1n) is 14.0. The molecule has 250 valence electrons. The Hall–Kier alpha value is -5.47. The number of rotatable bonds is 14. The minimum Gasteiger partial charge on any atom is -0.364 e. The smallest absolute Gasteiger partial charge is 0.361 e. The van der Waals surface area contributed by atoms with Crippen molar-refractivity contribution in [3.05, 3.63) is 107 Å². The van der Waals surface area contributed by atoms with Crippen LogP contribution < -0.4 is 20.9 Å². The average molecular weight is 697 g/mol. The fourth-order valence-corrected chi connectivity index (χ4v) is 6.11. The summed E-state index contributed by atoms with van der Waals surface area (Å²) in [6, 6.07) is 15.4. The predicted octanol–water partition coefficient (Wildman–Crippen LogP) is 4.48. The van der Waals surface area contributed by atoms with Crippen molar-refractivity contribution in [1.29, 1.82) is 0 Å². The molecule has 2 heterocycles. The third kappa shape index (κ3) is 8.66. The van der Waals surface area contributed by atoms with Crippen molar-refractivity contribution in [1.82, 2.24) is 20.1 Å². The molecule has 0 saturated carbocycles. The SMILES string of the molecule is O=C(CN1C=CC(CCSOOO)=CC1)Nc1cccc(S(=O)(=O)Nc2ccc(NNC(=O)n3ncc4c([N+](=O)[O-])cccc43)cc2)c1. The van der Waals surface area contributed by atoms with Gasteiger partial charge in [0.05, 0.1) is 39.2 Å². The number of hydrazine groups is 1. The molecule has 3 aromatic carbocycles. The molecule has 0 atom stereocenters. The number of hydrogen-bond donors (Lipinski definition) is 5. The van der Waals surface area contributed by atoms with Crippen LogP contribution in [0, 0.1) is 10.1 Å². The Kier molecular flexibility index (Phi) is 10.9. The second kappa shape index (κ2) is 15.4. The van der Waals surface area contributed by atoms with Gasteiger partial charge >= 0.3 is 6.03 Å². The van der Waals surface area contributed by atoms with E-state index in [-0.39, 0.29) is 39.6 Å². The highest BCUT2D eigenvalue weighted by Gasteiger charge is 2.19. The molecule has 5 rings (SSSR count). The fraction of sp³-hybridized carbons (Fsp3) is 0.138. The molecule has 4 aromatic rings. The number of fused-ring (bicyclic) bond motifs is 1. The first-order valence-corrected chi connectivity index (χ1v) is 16.4. The van der Waals surface area contributed by atoms with Gasteiger partial charge in [-0.25, -0.2) is 23.9 Å². The molecular formula is C29H28N8O9S2. The van der Waals surface area contributed by atoms with E-state index < -0.39 is 21.0 Å². The summed E-state index contributed by atoms with van der Waals surface area (Å²) in [6.45, 7) is 0.558. The highest BCUT2D eigenvalue weighted by atomic mass is 32.2. The first-order chi connectivity index (χ1) is 23.1. The molecule has 0 aliphatic carbocycles. The van der Waals surface area contributed by atoms with Gasteiger partial charge in [0, 0.05) is 48.0 Å². The number of amides is 2. The summed E-state index contributed by atoms with van der Waals surface area (Å²) in [5, 5.41) is 29.8. The van der Waals surface area contributed by atoms with E-state index in [4.69, 9.17) is 5.26 Å². The van der Waals surface area contributed by atoms with Crippen LogP contribution in [0.1, 0.15) is 6.42 Å². The molecule has 1 aromatic heterocycles. The molecule has 0 saturated heterocycles. The summed E-state index contributed by atoms with van der Waals surface area (Å²) in [6.07, 6.45) is 7.54. The molecule has 1 aliphatic heterocycles.